The third-order valence-electron chi connectivity index (χ3n) is 2.77. The SMILES string of the molecule is C=CCCNC(=O)C1(C(F)(F)F)CCNC1. The lowest BCUT2D eigenvalue weighted by atomic mass is 9.85. The van der Waals surface area contributed by atoms with Crippen molar-refractivity contribution in [3.8, 4) is 0 Å². The number of carbonyl (C=O) groups excluding carboxylic acids is 1. The molecule has 0 aliphatic carbocycles. The van der Waals surface area contributed by atoms with Crippen LogP contribution in [0.25, 0.3) is 0 Å². The van der Waals surface area contributed by atoms with Crippen molar-refractivity contribution in [1.29, 1.82) is 0 Å². The van der Waals surface area contributed by atoms with Gasteiger partial charge in [0.25, 0.3) is 0 Å². The Bertz CT molecular complexity index is 270. The Kier molecular flexibility index (Phi) is 3.96. The number of carbonyl (C=O) groups is 1. The van der Waals surface area contributed by atoms with Gasteiger partial charge in [-0.15, -0.1) is 6.58 Å². The highest BCUT2D eigenvalue weighted by Crippen LogP contribution is 2.43. The number of nitrogens with one attached hydrogen (secondary N) is 2. The molecule has 16 heavy (non-hydrogen) atoms. The molecular weight excluding hydrogens is 221 g/mol. The Morgan fingerprint density at radius 2 is 2.25 bits per heavy atom. The lowest BCUT2D eigenvalue weighted by molar-refractivity contribution is -0.215. The third-order valence-corrected chi connectivity index (χ3v) is 2.77. The Balaban J connectivity index is 2.70. The highest BCUT2D eigenvalue weighted by atomic mass is 19.4. The summed E-state index contributed by atoms with van der Waals surface area (Å²) < 4.78 is 38.6. The van der Waals surface area contributed by atoms with Gasteiger partial charge in [0.1, 0.15) is 0 Å². The van der Waals surface area contributed by atoms with E-state index in [0.29, 0.717) is 6.42 Å². The summed E-state index contributed by atoms with van der Waals surface area (Å²) in [6, 6.07) is 0. The van der Waals surface area contributed by atoms with Crippen LogP contribution >= 0.6 is 0 Å². The lowest BCUT2D eigenvalue weighted by Crippen LogP contribution is -2.52. The number of alkyl halides is 3. The van der Waals surface area contributed by atoms with Crippen LogP contribution in [0, 0.1) is 5.41 Å². The van der Waals surface area contributed by atoms with Gasteiger partial charge in [-0.1, -0.05) is 6.08 Å². The molecule has 0 spiro atoms. The maximum absolute atomic E-state index is 12.9. The summed E-state index contributed by atoms with van der Waals surface area (Å²) in [5, 5.41) is 4.89. The van der Waals surface area contributed by atoms with Crippen molar-refractivity contribution in [1.82, 2.24) is 10.6 Å². The Morgan fingerprint density at radius 1 is 1.56 bits per heavy atom. The van der Waals surface area contributed by atoms with Crippen molar-refractivity contribution in [2.75, 3.05) is 19.6 Å². The molecule has 1 fully saturated rings. The molecule has 1 aliphatic heterocycles. The molecule has 1 rings (SSSR count). The molecule has 1 heterocycles. The standard InChI is InChI=1S/C10H15F3N2O/c1-2-3-5-15-8(16)9(10(11,12)13)4-6-14-7-9/h2,14H,1,3-7H2,(H,15,16). The van der Waals surface area contributed by atoms with Crippen LogP contribution in [0.4, 0.5) is 13.2 Å². The molecule has 2 N–H and O–H groups in total. The van der Waals surface area contributed by atoms with Crippen molar-refractivity contribution in [2.45, 2.75) is 19.0 Å². The zero-order valence-electron chi connectivity index (χ0n) is 8.86. The predicted molar refractivity (Wildman–Crippen MR) is 53.8 cm³/mol. The smallest absolute Gasteiger partial charge is 0.355 e. The van der Waals surface area contributed by atoms with E-state index in [1.54, 1.807) is 6.08 Å². The van der Waals surface area contributed by atoms with Crippen molar-refractivity contribution in [3.63, 3.8) is 0 Å². The van der Waals surface area contributed by atoms with Gasteiger partial charge in [-0.3, -0.25) is 4.79 Å². The molecule has 0 saturated carbocycles. The van der Waals surface area contributed by atoms with Gasteiger partial charge in [0, 0.05) is 13.1 Å². The van der Waals surface area contributed by atoms with Gasteiger partial charge in [-0.25, -0.2) is 0 Å². The minimum Gasteiger partial charge on any atom is -0.355 e. The fourth-order valence-corrected chi connectivity index (χ4v) is 1.71. The first-order chi connectivity index (χ1) is 7.44. The number of halogens is 3. The van der Waals surface area contributed by atoms with Crippen molar-refractivity contribution < 1.29 is 18.0 Å². The van der Waals surface area contributed by atoms with E-state index in [4.69, 9.17) is 0 Å². The summed E-state index contributed by atoms with van der Waals surface area (Å²) in [6.45, 7) is 3.51. The molecule has 0 aromatic carbocycles. The zero-order valence-corrected chi connectivity index (χ0v) is 8.86. The lowest BCUT2D eigenvalue weighted by Gasteiger charge is -2.29. The predicted octanol–water partition coefficient (Wildman–Crippen LogP) is 1.22. The molecule has 6 heteroatoms. The van der Waals surface area contributed by atoms with E-state index in [1.165, 1.54) is 0 Å². The van der Waals surface area contributed by atoms with Crippen LogP contribution in [-0.2, 0) is 4.79 Å². The first kappa shape index (κ1) is 13.0. The molecule has 1 saturated heterocycles. The molecule has 0 aromatic heterocycles. The summed E-state index contributed by atoms with van der Waals surface area (Å²) in [4.78, 5) is 11.6. The Morgan fingerprint density at radius 3 is 2.69 bits per heavy atom. The Hall–Kier alpha value is -1.04. The van der Waals surface area contributed by atoms with Gasteiger partial charge < -0.3 is 10.6 Å². The van der Waals surface area contributed by atoms with Crippen LogP contribution in [0.5, 0.6) is 0 Å². The second-order valence-electron chi connectivity index (χ2n) is 3.84. The minimum atomic E-state index is -4.51. The van der Waals surface area contributed by atoms with Gasteiger partial charge in [-0.2, -0.15) is 13.2 Å². The van der Waals surface area contributed by atoms with E-state index in [1.807, 2.05) is 0 Å². The van der Waals surface area contributed by atoms with E-state index < -0.39 is 17.5 Å². The molecular formula is C10H15F3N2O. The van der Waals surface area contributed by atoms with Crippen LogP contribution in [-0.4, -0.2) is 31.7 Å². The summed E-state index contributed by atoms with van der Waals surface area (Å²) in [5.74, 6) is -0.938. The molecule has 1 unspecified atom stereocenters. The number of amides is 1. The average molecular weight is 236 g/mol. The second kappa shape index (κ2) is 4.86. The van der Waals surface area contributed by atoms with E-state index in [2.05, 4.69) is 17.2 Å². The van der Waals surface area contributed by atoms with E-state index in [9.17, 15) is 18.0 Å². The first-order valence-electron chi connectivity index (χ1n) is 5.11. The minimum absolute atomic E-state index is 0.195. The van der Waals surface area contributed by atoms with Crippen LogP contribution in [0.2, 0.25) is 0 Å². The average Bonchev–Trinajstić information content (AvgIpc) is 2.66. The van der Waals surface area contributed by atoms with Crippen molar-refractivity contribution in [2.24, 2.45) is 5.41 Å². The van der Waals surface area contributed by atoms with E-state index >= 15 is 0 Å². The summed E-state index contributed by atoms with van der Waals surface area (Å²) in [7, 11) is 0. The fourth-order valence-electron chi connectivity index (χ4n) is 1.71. The van der Waals surface area contributed by atoms with Gasteiger partial charge in [0.05, 0.1) is 0 Å². The normalized spacial score (nSPS) is 25.4. The molecule has 0 radical (unpaired) electrons. The highest BCUT2D eigenvalue weighted by molar-refractivity contribution is 5.84. The van der Waals surface area contributed by atoms with Crippen molar-refractivity contribution in [3.05, 3.63) is 12.7 Å². The van der Waals surface area contributed by atoms with Gasteiger partial charge in [-0.05, 0) is 19.4 Å². The van der Waals surface area contributed by atoms with Crippen molar-refractivity contribution >= 4 is 5.91 Å². The first-order valence-corrected chi connectivity index (χ1v) is 5.11. The van der Waals surface area contributed by atoms with Gasteiger partial charge in [0.15, 0.2) is 5.41 Å². The van der Waals surface area contributed by atoms with Crippen LogP contribution in [0.3, 0.4) is 0 Å². The quantitative estimate of drug-likeness (QED) is 0.569. The van der Waals surface area contributed by atoms with Crippen LogP contribution in [0.15, 0.2) is 12.7 Å². The maximum atomic E-state index is 12.9. The van der Waals surface area contributed by atoms with E-state index in [0.717, 1.165) is 0 Å². The number of rotatable bonds is 4. The molecule has 1 atom stereocenters. The third kappa shape index (κ3) is 2.37. The summed E-state index contributed by atoms with van der Waals surface area (Å²) in [5.41, 5.74) is -2.26. The van der Waals surface area contributed by atoms with Gasteiger partial charge >= 0.3 is 6.18 Å². The molecule has 0 bridgehead atoms. The highest BCUT2D eigenvalue weighted by Gasteiger charge is 2.61. The second-order valence-corrected chi connectivity index (χ2v) is 3.84. The largest absolute Gasteiger partial charge is 0.404 e. The molecule has 1 amide bonds. The van der Waals surface area contributed by atoms with Gasteiger partial charge in [0.2, 0.25) is 5.91 Å². The topological polar surface area (TPSA) is 41.1 Å². The number of hydrogen-bond acceptors (Lipinski definition) is 2. The molecule has 3 nitrogen and oxygen atoms in total. The van der Waals surface area contributed by atoms with Crippen LogP contribution in [0.1, 0.15) is 12.8 Å². The Labute approximate surface area is 92.1 Å². The van der Waals surface area contributed by atoms with Crippen LogP contribution < -0.4 is 10.6 Å². The van der Waals surface area contributed by atoms with E-state index in [-0.39, 0.29) is 26.1 Å². The maximum Gasteiger partial charge on any atom is 0.404 e. The molecule has 0 aromatic rings. The monoisotopic (exact) mass is 236 g/mol. The number of hydrogen-bond donors (Lipinski definition) is 2. The summed E-state index contributed by atoms with van der Waals surface area (Å²) >= 11 is 0. The zero-order chi connectivity index (χ0) is 12.2. The fraction of sp³-hybridized carbons (Fsp3) is 0.700. The molecule has 1 aliphatic rings. The molecule has 92 valence electrons. The summed E-state index contributed by atoms with van der Waals surface area (Å²) in [6.07, 6.45) is -2.69.